The van der Waals surface area contributed by atoms with Crippen LogP contribution < -0.4 is 10.0 Å². The van der Waals surface area contributed by atoms with Gasteiger partial charge in [0.05, 0.1) is 10.6 Å². The maximum absolute atomic E-state index is 13.5. The molecule has 136 valence electrons. The summed E-state index contributed by atoms with van der Waals surface area (Å²) in [6.07, 6.45) is 4.15. The van der Waals surface area contributed by atoms with E-state index >= 15 is 0 Å². The van der Waals surface area contributed by atoms with E-state index in [-0.39, 0.29) is 23.5 Å². The molecule has 2 aromatic rings. The molecule has 0 radical (unpaired) electrons. The number of fused-ring (bicyclic) bond motifs is 1. The van der Waals surface area contributed by atoms with E-state index in [1.54, 1.807) is 24.3 Å². The molecule has 0 atom stereocenters. The Labute approximate surface area is 152 Å². The highest BCUT2D eigenvalue weighted by Gasteiger charge is 2.17. The van der Waals surface area contributed by atoms with Crippen LogP contribution in [0, 0.1) is 17.1 Å². The fourth-order valence-electron chi connectivity index (χ4n) is 3.13. The molecule has 5 nitrogen and oxygen atoms in total. The number of aryl methyl sites for hydroxylation is 2. The highest BCUT2D eigenvalue weighted by atomic mass is 32.2. The van der Waals surface area contributed by atoms with Gasteiger partial charge < -0.3 is 5.32 Å². The minimum Gasteiger partial charge on any atom is -0.383 e. The van der Waals surface area contributed by atoms with Gasteiger partial charge in [-0.3, -0.25) is 0 Å². The normalized spacial score (nSPS) is 13.7. The third-order valence-electron chi connectivity index (χ3n) is 4.49. The summed E-state index contributed by atoms with van der Waals surface area (Å²) < 4.78 is 41.0. The molecule has 7 heteroatoms. The van der Waals surface area contributed by atoms with Crippen LogP contribution in [0.5, 0.6) is 0 Å². The van der Waals surface area contributed by atoms with Gasteiger partial charge in [-0.25, -0.2) is 17.5 Å². The fraction of sp³-hybridized carbons (Fsp3) is 0.316. The summed E-state index contributed by atoms with van der Waals surface area (Å²) in [5.74, 6) is -0.604. The molecule has 26 heavy (non-hydrogen) atoms. The van der Waals surface area contributed by atoms with Crippen molar-refractivity contribution in [2.75, 3.05) is 18.4 Å². The van der Waals surface area contributed by atoms with Crippen molar-refractivity contribution >= 4 is 15.7 Å². The average Bonchev–Trinajstić information content (AvgIpc) is 2.65. The van der Waals surface area contributed by atoms with Gasteiger partial charge >= 0.3 is 0 Å². The van der Waals surface area contributed by atoms with Crippen molar-refractivity contribution in [3.05, 3.63) is 58.9 Å². The summed E-state index contributed by atoms with van der Waals surface area (Å²) in [4.78, 5) is 0.265. The maximum Gasteiger partial charge on any atom is 0.240 e. The first-order chi connectivity index (χ1) is 12.5. The third-order valence-corrected chi connectivity index (χ3v) is 5.95. The minimum absolute atomic E-state index is 0.0787. The number of benzene rings is 2. The quantitative estimate of drug-likeness (QED) is 0.763. The van der Waals surface area contributed by atoms with Crippen LogP contribution in [0.4, 0.5) is 10.1 Å². The Bertz CT molecular complexity index is 952. The largest absolute Gasteiger partial charge is 0.383 e. The zero-order valence-corrected chi connectivity index (χ0v) is 15.1. The molecule has 1 aliphatic rings. The highest BCUT2D eigenvalue weighted by Crippen LogP contribution is 2.24. The summed E-state index contributed by atoms with van der Waals surface area (Å²) in [5, 5.41) is 11.9. The third kappa shape index (κ3) is 4.03. The first kappa shape index (κ1) is 18.4. The Morgan fingerprint density at radius 2 is 1.85 bits per heavy atom. The van der Waals surface area contributed by atoms with E-state index < -0.39 is 15.8 Å². The second-order valence-electron chi connectivity index (χ2n) is 6.24. The van der Waals surface area contributed by atoms with E-state index in [1.807, 2.05) is 6.07 Å². The Morgan fingerprint density at radius 1 is 1.08 bits per heavy atom. The molecule has 2 N–H and O–H groups in total. The standard InChI is InChI=1S/C19H20FN3O2S/c20-18-6-3-7-19(17(18)13-21)22-10-11-23-26(24,25)16-9-8-14-4-1-2-5-15(14)12-16/h3,6-9,12,22-23H,1-2,4-5,10-11H2. The maximum atomic E-state index is 13.5. The van der Waals surface area contributed by atoms with Crippen molar-refractivity contribution in [3.8, 4) is 6.07 Å². The first-order valence-corrected chi connectivity index (χ1v) is 10.0. The van der Waals surface area contributed by atoms with E-state index in [0.717, 1.165) is 31.2 Å². The van der Waals surface area contributed by atoms with Crippen molar-refractivity contribution in [1.82, 2.24) is 4.72 Å². The number of nitrogens with one attached hydrogen (secondary N) is 2. The topological polar surface area (TPSA) is 82.0 Å². The molecule has 2 aromatic carbocycles. The van der Waals surface area contributed by atoms with E-state index in [0.29, 0.717) is 5.69 Å². The molecule has 0 amide bonds. The lowest BCUT2D eigenvalue weighted by Crippen LogP contribution is -2.29. The Balaban J connectivity index is 1.61. The van der Waals surface area contributed by atoms with Crippen molar-refractivity contribution in [2.45, 2.75) is 30.6 Å². The smallest absolute Gasteiger partial charge is 0.240 e. The molecule has 0 spiro atoms. The van der Waals surface area contributed by atoms with Crippen molar-refractivity contribution in [3.63, 3.8) is 0 Å². The van der Waals surface area contributed by atoms with Gasteiger partial charge in [0.25, 0.3) is 0 Å². The van der Waals surface area contributed by atoms with E-state index in [4.69, 9.17) is 5.26 Å². The van der Waals surface area contributed by atoms with Crippen LogP contribution >= 0.6 is 0 Å². The second-order valence-corrected chi connectivity index (χ2v) is 8.00. The molecule has 3 rings (SSSR count). The molecule has 0 heterocycles. The number of halogens is 1. The van der Waals surface area contributed by atoms with Crippen LogP contribution in [-0.2, 0) is 22.9 Å². The van der Waals surface area contributed by atoms with Crippen molar-refractivity contribution in [2.24, 2.45) is 0 Å². The van der Waals surface area contributed by atoms with Crippen LogP contribution in [0.2, 0.25) is 0 Å². The number of hydrogen-bond acceptors (Lipinski definition) is 4. The molecule has 0 aromatic heterocycles. The lowest BCUT2D eigenvalue weighted by molar-refractivity contribution is 0.582. The lowest BCUT2D eigenvalue weighted by atomic mass is 9.92. The summed E-state index contributed by atoms with van der Waals surface area (Å²) >= 11 is 0. The number of nitrogens with zero attached hydrogens (tertiary/aromatic N) is 1. The predicted octanol–water partition coefficient (Wildman–Crippen LogP) is 2.97. The van der Waals surface area contributed by atoms with Gasteiger partial charge in [0, 0.05) is 13.1 Å². The van der Waals surface area contributed by atoms with Crippen LogP contribution in [0.1, 0.15) is 29.5 Å². The molecule has 0 bridgehead atoms. The van der Waals surface area contributed by atoms with Crippen LogP contribution in [0.25, 0.3) is 0 Å². The average molecular weight is 373 g/mol. The summed E-state index contributed by atoms with van der Waals surface area (Å²) in [5.41, 5.74) is 2.60. The van der Waals surface area contributed by atoms with E-state index in [2.05, 4.69) is 10.0 Å². The number of hydrogen-bond donors (Lipinski definition) is 2. The first-order valence-electron chi connectivity index (χ1n) is 8.55. The molecule has 0 unspecified atom stereocenters. The molecule has 0 fully saturated rings. The second kappa shape index (κ2) is 7.85. The van der Waals surface area contributed by atoms with Crippen LogP contribution in [0.3, 0.4) is 0 Å². The Morgan fingerprint density at radius 3 is 2.62 bits per heavy atom. The molecular formula is C19H20FN3O2S. The van der Waals surface area contributed by atoms with Gasteiger partial charge in [0.15, 0.2) is 0 Å². The number of anilines is 1. The number of sulfonamides is 1. The summed E-state index contributed by atoms with van der Waals surface area (Å²) in [7, 11) is -3.60. The monoisotopic (exact) mass is 373 g/mol. The fourth-order valence-corrected chi connectivity index (χ4v) is 4.21. The van der Waals surface area contributed by atoms with Gasteiger partial charge in [-0.2, -0.15) is 5.26 Å². The molecule has 0 saturated carbocycles. The number of nitriles is 1. The Kier molecular flexibility index (Phi) is 5.55. The lowest BCUT2D eigenvalue weighted by Gasteiger charge is -2.17. The molecule has 0 aliphatic heterocycles. The van der Waals surface area contributed by atoms with Gasteiger partial charge in [-0.15, -0.1) is 0 Å². The summed E-state index contributed by atoms with van der Waals surface area (Å²) in [6, 6.07) is 11.4. The van der Waals surface area contributed by atoms with E-state index in [9.17, 15) is 12.8 Å². The molecule has 0 saturated heterocycles. The zero-order valence-electron chi connectivity index (χ0n) is 14.3. The van der Waals surface area contributed by atoms with Crippen LogP contribution in [-0.4, -0.2) is 21.5 Å². The number of rotatable bonds is 6. The van der Waals surface area contributed by atoms with Gasteiger partial charge in [0.2, 0.25) is 10.0 Å². The zero-order chi connectivity index (χ0) is 18.6. The predicted molar refractivity (Wildman–Crippen MR) is 97.9 cm³/mol. The summed E-state index contributed by atoms with van der Waals surface area (Å²) in [6.45, 7) is 0.364. The van der Waals surface area contributed by atoms with Gasteiger partial charge in [-0.1, -0.05) is 12.1 Å². The van der Waals surface area contributed by atoms with Crippen molar-refractivity contribution < 1.29 is 12.8 Å². The minimum atomic E-state index is -3.60. The molecular weight excluding hydrogens is 353 g/mol. The SMILES string of the molecule is N#Cc1c(F)cccc1NCCNS(=O)(=O)c1ccc2c(c1)CCCC2. The van der Waals surface area contributed by atoms with E-state index in [1.165, 1.54) is 17.7 Å². The highest BCUT2D eigenvalue weighted by molar-refractivity contribution is 7.89. The Hall–Kier alpha value is -2.43. The van der Waals surface area contributed by atoms with Crippen molar-refractivity contribution in [1.29, 1.82) is 5.26 Å². The van der Waals surface area contributed by atoms with Gasteiger partial charge in [0.1, 0.15) is 17.4 Å². The van der Waals surface area contributed by atoms with Gasteiger partial charge in [-0.05, 0) is 61.1 Å². The molecule has 1 aliphatic carbocycles. The van der Waals surface area contributed by atoms with Crippen LogP contribution in [0.15, 0.2) is 41.3 Å².